The number of pyridine rings is 1. The van der Waals surface area contributed by atoms with Gasteiger partial charge in [0.2, 0.25) is 0 Å². The maximum atomic E-state index is 4.69. The van der Waals surface area contributed by atoms with Crippen LogP contribution in [0.2, 0.25) is 0 Å². The van der Waals surface area contributed by atoms with Gasteiger partial charge in [0, 0.05) is 18.4 Å². The maximum Gasteiger partial charge on any atom is 0.323 e. The van der Waals surface area contributed by atoms with Crippen LogP contribution in [0.15, 0.2) is 18.2 Å². The molecule has 0 radical (unpaired) electrons. The summed E-state index contributed by atoms with van der Waals surface area (Å²) in [5.41, 5.74) is 1.17. The fourth-order valence-corrected chi connectivity index (χ4v) is 1.96. The summed E-state index contributed by atoms with van der Waals surface area (Å²) in [5.74, 6) is 1.56. The van der Waals surface area contributed by atoms with Gasteiger partial charge in [-0.25, -0.2) is 4.58 Å². The Morgan fingerprint density at radius 3 is 2.88 bits per heavy atom. The molecule has 1 aliphatic rings. The van der Waals surface area contributed by atoms with Crippen molar-refractivity contribution in [3.63, 3.8) is 0 Å². The van der Waals surface area contributed by atoms with Crippen molar-refractivity contribution in [3.05, 3.63) is 23.9 Å². The molecule has 3 nitrogen and oxygen atoms in total. The molecule has 2 rings (SSSR count). The first-order chi connectivity index (χ1) is 7.70. The highest BCUT2D eigenvalue weighted by Gasteiger charge is 2.22. The van der Waals surface area contributed by atoms with E-state index in [2.05, 4.69) is 53.1 Å². The summed E-state index contributed by atoms with van der Waals surface area (Å²) in [6.45, 7) is 5.37. The third-order valence-corrected chi connectivity index (χ3v) is 3.08. The monoisotopic (exact) mass is 218 g/mol. The van der Waals surface area contributed by atoms with Crippen molar-refractivity contribution in [3.8, 4) is 0 Å². The summed E-state index contributed by atoms with van der Waals surface area (Å²) in [7, 11) is 2.01. The Hall–Kier alpha value is -1.22. The topological polar surface area (TPSA) is 27.9 Å². The molecular formula is C13H20N3+. The summed E-state index contributed by atoms with van der Waals surface area (Å²) in [6.07, 6.45) is 3.32. The van der Waals surface area contributed by atoms with Crippen LogP contribution in [-0.4, -0.2) is 35.4 Å². The first kappa shape index (κ1) is 11.3. The standard InChI is InChI=1S/C13H20N3/c1-10(2)12-5-4-6-13(15-12)16-8-7-11(9-16)14-3/h4-6,8,10-11,14H,7,9H2,1-3H3/q+1/t11-/m1/s1. The van der Waals surface area contributed by atoms with Gasteiger partial charge in [0.15, 0.2) is 5.69 Å². The molecule has 1 aromatic heterocycles. The van der Waals surface area contributed by atoms with Crippen molar-refractivity contribution in [2.24, 2.45) is 0 Å². The molecule has 0 saturated heterocycles. The van der Waals surface area contributed by atoms with Crippen LogP contribution in [0, 0.1) is 0 Å². The molecule has 0 spiro atoms. The third-order valence-electron chi connectivity index (χ3n) is 3.08. The van der Waals surface area contributed by atoms with Crippen LogP contribution in [0.4, 0.5) is 5.82 Å². The molecule has 0 saturated carbocycles. The summed E-state index contributed by atoms with van der Waals surface area (Å²) in [4.78, 5) is 4.69. The molecule has 1 aliphatic heterocycles. The minimum absolute atomic E-state index is 0.489. The maximum absolute atomic E-state index is 4.69. The number of aromatic nitrogens is 1. The Morgan fingerprint density at radius 1 is 1.44 bits per heavy atom. The van der Waals surface area contributed by atoms with Crippen molar-refractivity contribution >= 4 is 12.0 Å². The molecule has 0 fully saturated rings. The minimum atomic E-state index is 0.489. The van der Waals surface area contributed by atoms with Gasteiger partial charge in [0.05, 0.1) is 12.3 Å². The molecule has 16 heavy (non-hydrogen) atoms. The first-order valence-corrected chi connectivity index (χ1v) is 5.95. The summed E-state index contributed by atoms with van der Waals surface area (Å²) >= 11 is 0. The van der Waals surface area contributed by atoms with Gasteiger partial charge < -0.3 is 5.32 Å². The predicted molar refractivity (Wildman–Crippen MR) is 66.6 cm³/mol. The number of hydrogen-bond donors (Lipinski definition) is 1. The summed E-state index contributed by atoms with van der Waals surface area (Å²) in [6, 6.07) is 6.84. The molecule has 2 heterocycles. The smallest absolute Gasteiger partial charge is 0.313 e. The zero-order valence-corrected chi connectivity index (χ0v) is 10.3. The molecule has 86 valence electrons. The Kier molecular flexibility index (Phi) is 3.34. The predicted octanol–water partition coefficient (Wildman–Crippen LogP) is 1.91. The van der Waals surface area contributed by atoms with Gasteiger partial charge in [0.1, 0.15) is 6.54 Å². The average molecular weight is 218 g/mol. The van der Waals surface area contributed by atoms with E-state index in [1.807, 2.05) is 7.05 Å². The second-order valence-electron chi connectivity index (χ2n) is 4.63. The molecule has 0 unspecified atom stereocenters. The third kappa shape index (κ3) is 2.30. The number of likely N-dealkylation sites (N-methyl/N-ethyl adjacent to an activating group) is 1. The van der Waals surface area contributed by atoms with Crippen LogP contribution >= 0.6 is 0 Å². The number of nitrogens with one attached hydrogen (secondary N) is 1. The summed E-state index contributed by atoms with van der Waals surface area (Å²) in [5, 5.41) is 3.30. The van der Waals surface area contributed by atoms with Gasteiger partial charge in [-0.15, -0.1) is 0 Å². The lowest BCUT2D eigenvalue weighted by molar-refractivity contribution is -0.433. The molecule has 3 heteroatoms. The van der Waals surface area contributed by atoms with Gasteiger partial charge in [0.25, 0.3) is 0 Å². The molecule has 0 amide bonds. The van der Waals surface area contributed by atoms with Crippen molar-refractivity contribution in [1.29, 1.82) is 0 Å². The van der Waals surface area contributed by atoms with Gasteiger partial charge >= 0.3 is 5.82 Å². The number of nitrogens with zero attached hydrogens (tertiary/aromatic N) is 2. The highest BCUT2D eigenvalue weighted by molar-refractivity contribution is 5.56. The number of rotatable bonds is 3. The molecule has 1 aromatic rings. The minimum Gasteiger partial charge on any atom is -0.313 e. The van der Waals surface area contributed by atoms with Crippen LogP contribution in [0.3, 0.4) is 0 Å². The van der Waals surface area contributed by atoms with E-state index in [1.54, 1.807) is 0 Å². The Balaban J connectivity index is 2.19. The molecule has 0 bridgehead atoms. The van der Waals surface area contributed by atoms with E-state index in [1.165, 1.54) is 5.69 Å². The van der Waals surface area contributed by atoms with Crippen molar-refractivity contribution in [2.45, 2.75) is 32.2 Å². The van der Waals surface area contributed by atoms with Crippen LogP contribution < -0.4 is 5.32 Å². The second-order valence-corrected chi connectivity index (χ2v) is 4.63. The lowest BCUT2D eigenvalue weighted by Crippen LogP contribution is -2.27. The SMILES string of the molecule is CN[C@@H]1CC=[N+](c2cccc(C(C)C)n2)C1. The van der Waals surface area contributed by atoms with E-state index in [0.717, 1.165) is 18.8 Å². The molecular weight excluding hydrogens is 198 g/mol. The first-order valence-electron chi connectivity index (χ1n) is 5.95. The molecule has 0 aliphatic carbocycles. The normalized spacial score (nSPS) is 20.2. The quantitative estimate of drug-likeness (QED) is 0.785. The van der Waals surface area contributed by atoms with Gasteiger partial charge in [-0.3, -0.25) is 0 Å². The Morgan fingerprint density at radius 2 is 2.25 bits per heavy atom. The van der Waals surface area contributed by atoms with E-state index in [0.29, 0.717) is 12.0 Å². The van der Waals surface area contributed by atoms with E-state index in [4.69, 9.17) is 0 Å². The Bertz CT molecular complexity index is 396. The van der Waals surface area contributed by atoms with E-state index >= 15 is 0 Å². The molecule has 1 atom stereocenters. The van der Waals surface area contributed by atoms with Crippen LogP contribution in [-0.2, 0) is 0 Å². The second kappa shape index (κ2) is 4.74. The fourth-order valence-electron chi connectivity index (χ4n) is 1.96. The van der Waals surface area contributed by atoms with E-state index < -0.39 is 0 Å². The highest BCUT2D eigenvalue weighted by atomic mass is 15.1. The van der Waals surface area contributed by atoms with Gasteiger partial charge in [-0.2, -0.15) is 0 Å². The summed E-state index contributed by atoms with van der Waals surface area (Å²) < 4.78 is 2.24. The van der Waals surface area contributed by atoms with E-state index in [9.17, 15) is 0 Å². The van der Waals surface area contributed by atoms with Crippen LogP contribution in [0.25, 0.3) is 0 Å². The lowest BCUT2D eigenvalue weighted by Gasteiger charge is -2.05. The van der Waals surface area contributed by atoms with Crippen LogP contribution in [0.1, 0.15) is 31.9 Å². The average Bonchev–Trinajstić information content (AvgIpc) is 2.77. The highest BCUT2D eigenvalue weighted by Crippen LogP contribution is 2.17. The fraction of sp³-hybridized carbons (Fsp3) is 0.538. The van der Waals surface area contributed by atoms with Crippen molar-refractivity contribution in [1.82, 2.24) is 10.3 Å². The zero-order valence-electron chi connectivity index (χ0n) is 10.3. The largest absolute Gasteiger partial charge is 0.323 e. The Labute approximate surface area is 97.2 Å². The number of hydrogen-bond acceptors (Lipinski definition) is 2. The molecule has 1 N–H and O–H groups in total. The van der Waals surface area contributed by atoms with Crippen LogP contribution in [0.5, 0.6) is 0 Å². The van der Waals surface area contributed by atoms with Crippen molar-refractivity contribution < 1.29 is 4.58 Å². The van der Waals surface area contributed by atoms with Gasteiger partial charge in [-0.1, -0.05) is 13.8 Å². The lowest BCUT2D eigenvalue weighted by atomic mass is 10.1. The van der Waals surface area contributed by atoms with E-state index in [-0.39, 0.29) is 0 Å². The zero-order chi connectivity index (χ0) is 11.5. The molecule has 0 aromatic carbocycles. The van der Waals surface area contributed by atoms with Gasteiger partial charge in [-0.05, 0) is 24.2 Å². The van der Waals surface area contributed by atoms with Crippen molar-refractivity contribution in [2.75, 3.05) is 13.6 Å².